The first-order chi connectivity index (χ1) is 10.1. The van der Waals surface area contributed by atoms with Crippen molar-refractivity contribution in [3.8, 4) is 17.2 Å². The van der Waals surface area contributed by atoms with Crippen molar-refractivity contribution in [1.82, 2.24) is 0 Å². The summed E-state index contributed by atoms with van der Waals surface area (Å²) in [6, 6.07) is 11.2. The topological polar surface area (TPSA) is 27.7 Å². The average molecular weight is 327 g/mol. The maximum Gasteiger partial charge on any atom is 0.146 e. The molecule has 0 heterocycles. The lowest BCUT2D eigenvalue weighted by atomic mass is 10.0. The van der Waals surface area contributed by atoms with E-state index in [9.17, 15) is 0 Å². The quantitative estimate of drug-likeness (QED) is 0.746. The molecular weight excluding hydrogens is 311 g/mol. The Hall–Kier alpha value is -1.58. The van der Waals surface area contributed by atoms with Gasteiger partial charge in [0.05, 0.1) is 26.7 Å². The molecule has 0 amide bonds. The molecule has 0 bridgehead atoms. The zero-order valence-corrected chi connectivity index (χ0v) is 13.5. The van der Waals surface area contributed by atoms with Crippen LogP contribution in [0, 0.1) is 0 Å². The summed E-state index contributed by atoms with van der Waals surface area (Å²) >= 11 is 12.8. The molecule has 112 valence electrons. The van der Waals surface area contributed by atoms with Crippen molar-refractivity contribution in [2.75, 3.05) is 21.3 Å². The second kappa shape index (κ2) is 6.92. The highest BCUT2D eigenvalue weighted by Gasteiger charge is 2.20. The van der Waals surface area contributed by atoms with Gasteiger partial charge >= 0.3 is 0 Å². The number of methoxy groups -OCH3 is 3. The van der Waals surface area contributed by atoms with Crippen LogP contribution in [0.2, 0.25) is 5.02 Å². The van der Waals surface area contributed by atoms with Gasteiger partial charge in [-0.15, -0.1) is 11.6 Å². The third-order valence-corrected chi connectivity index (χ3v) is 4.02. The Bertz CT molecular complexity index is 629. The van der Waals surface area contributed by atoms with Crippen molar-refractivity contribution in [2.45, 2.75) is 5.38 Å². The van der Waals surface area contributed by atoms with Crippen molar-refractivity contribution in [2.24, 2.45) is 0 Å². The van der Waals surface area contributed by atoms with E-state index in [0.29, 0.717) is 16.5 Å². The van der Waals surface area contributed by atoms with Crippen LogP contribution >= 0.6 is 23.2 Å². The van der Waals surface area contributed by atoms with E-state index in [0.717, 1.165) is 16.9 Å². The second-order valence-electron chi connectivity index (χ2n) is 4.34. The molecule has 0 N–H and O–H groups in total. The van der Waals surface area contributed by atoms with E-state index in [1.165, 1.54) is 0 Å². The summed E-state index contributed by atoms with van der Waals surface area (Å²) in [6.45, 7) is 0. The third kappa shape index (κ3) is 3.20. The van der Waals surface area contributed by atoms with Crippen LogP contribution in [0.25, 0.3) is 0 Å². The number of ether oxygens (including phenoxy) is 3. The summed E-state index contributed by atoms with van der Waals surface area (Å²) in [4.78, 5) is 0. The lowest BCUT2D eigenvalue weighted by Crippen LogP contribution is -2.00. The van der Waals surface area contributed by atoms with E-state index < -0.39 is 5.38 Å². The van der Waals surface area contributed by atoms with Gasteiger partial charge in [0.25, 0.3) is 0 Å². The van der Waals surface area contributed by atoms with Crippen molar-refractivity contribution < 1.29 is 14.2 Å². The molecule has 0 saturated carbocycles. The fourth-order valence-electron chi connectivity index (χ4n) is 2.10. The summed E-state index contributed by atoms with van der Waals surface area (Å²) in [5.74, 6) is 1.81. The molecule has 1 atom stereocenters. The monoisotopic (exact) mass is 326 g/mol. The molecule has 0 aliphatic rings. The molecule has 0 fully saturated rings. The molecule has 0 aliphatic heterocycles. The van der Waals surface area contributed by atoms with Gasteiger partial charge in [-0.05, 0) is 29.8 Å². The van der Waals surface area contributed by atoms with Gasteiger partial charge in [-0.1, -0.05) is 23.7 Å². The van der Waals surface area contributed by atoms with E-state index in [-0.39, 0.29) is 0 Å². The molecule has 0 radical (unpaired) electrons. The van der Waals surface area contributed by atoms with Gasteiger partial charge in [0.1, 0.15) is 22.3 Å². The standard InChI is InChI=1S/C16H16Cl2O3/c1-19-11-6-4-5-10(9-11)14(17)12-7-8-13(20-2)15(18)16(12)21-3/h4-9,14H,1-3H3. The lowest BCUT2D eigenvalue weighted by Gasteiger charge is -2.17. The van der Waals surface area contributed by atoms with E-state index >= 15 is 0 Å². The third-order valence-electron chi connectivity index (χ3n) is 3.18. The minimum atomic E-state index is -0.404. The number of halogens is 2. The predicted octanol–water partition coefficient (Wildman–Crippen LogP) is 4.69. The summed E-state index contributed by atoms with van der Waals surface area (Å²) < 4.78 is 15.8. The Morgan fingerprint density at radius 1 is 0.952 bits per heavy atom. The summed E-state index contributed by atoms with van der Waals surface area (Å²) in [6.07, 6.45) is 0. The number of hydrogen-bond donors (Lipinski definition) is 0. The molecule has 0 saturated heterocycles. The minimum Gasteiger partial charge on any atom is -0.497 e. The Kier molecular flexibility index (Phi) is 5.21. The Morgan fingerprint density at radius 2 is 1.71 bits per heavy atom. The molecule has 0 aliphatic carbocycles. The van der Waals surface area contributed by atoms with Crippen molar-refractivity contribution >= 4 is 23.2 Å². The maximum atomic E-state index is 6.58. The first kappa shape index (κ1) is 15.8. The first-order valence-corrected chi connectivity index (χ1v) is 7.12. The fraction of sp³-hybridized carbons (Fsp3) is 0.250. The van der Waals surface area contributed by atoms with Crippen LogP contribution in [0.4, 0.5) is 0 Å². The zero-order chi connectivity index (χ0) is 15.4. The van der Waals surface area contributed by atoms with Gasteiger partial charge in [0.2, 0.25) is 0 Å². The molecule has 0 aromatic heterocycles. The van der Waals surface area contributed by atoms with E-state index in [1.54, 1.807) is 27.4 Å². The van der Waals surface area contributed by atoms with Gasteiger partial charge in [-0.2, -0.15) is 0 Å². The van der Waals surface area contributed by atoms with E-state index in [4.69, 9.17) is 37.4 Å². The maximum absolute atomic E-state index is 6.58. The van der Waals surface area contributed by atoms with Crippen LogP contribution in [0.1, 0.15) is 16.5 Å². The van der Waals surface area contributed by atoms with Gasteiger partial charge in [-0.3, -0.25) is 0 Å². The highest BCUT2D eigenvalue weighted by molar-refractivity contribution is 6.34. The van der Waals surface area contributed by atoms with E-state index in [1.807, 2.05) is 30.3 Å². The van der Waals surface area contributed by atoms with Crippen LogP contribution in [-0.4, -0.2) is 21.3 Å². The lowest BCUT2D eigenvalue weighted by molar-refractivity contribution is 0.391. The van der Waals surface area contributed by atoms with Crippen molar-refractivity contribution in [1.29, 1.82) is 0 Å². The number of alkyl halides is 1. The second-order valence-corrected chi connectivity index (χ2v) is 5.16. The number of rotatable bonds is 5. The van der Waals surface area contributed by atoms with Crippen molar-refractivity contribution in [3.05, 3.63) is 52.5 Å². The normalized spacial score (nSPS) is 11.9. The van der Waals surface area contributed by atoms with Crippen LogP contribution < -0.4 is 14.2 Å². The smallest absolute Gasteiger partial charge is 0.146 e. The first-order valence-electron chi connectivity index (χ1n) is 6.30. The van der Waals surface area contributed by atoms with E-state index in [2.05, 4.69) is 0 Å². The molecule has 0 spiro atoms. The molecule has 2 aromatic rings. The van der Waals surface area contributed by atoms with Crippen LogP contribution in [0.5, 0.6) is 17.2 Å². The highest BCUT2D eigenvalue weighted by Crippen LogP contribution is 2.43. The fourth-order valence-corrected chi connectivity index (χ4v) is 2.73. The van der Waals surface area contributed by atoms with Gasteiger partial charge in [-0.25, -0.2) is 0 Å². The number of benzene rings is 2. The summed E-state index contributed by atoms with van der Waals surface area (Å²) in [5, 5.41) is 0.00417. The molecule has 21 heavy (non-hydrogen) atoms. The predicted molar refractivity (Wildman–Crippen MR) is 85.2 cm³/mol. The summed E-state index contributed by atoms with van der Waals surface area (Å²) in [7, 11) is 4.73. The number of hydrogen-bond acceptors (Lipinski definition) is 3. The van der Waals surface area contributed by atoms with Crippen molar-refractivity contribution in [3.63, 3.8) is 0 Å². The SMILES string of the molecule is COc1cccc(C(Cl)c2ccc(OC)c(Cl)c2OC)c1. The largest absolute Gasteiger partial charge is 0.497 e. The molecule has 2 aromatic carbocycles. The van der Waals surface area contributed by atoms with Crippen LogP contribution in [0.15, 0.2) is 36.4 Å². The zero-order valence-electron chi connectivity index (χ0n) is 12.0. The molecule has 3 nitrogen and oxygen atoms in total. The Morgan fingerprint density at radius 3 is 2.33 bits per heavy atom. The minimum absolute atomic E-state index is 0.404. The van der Waals surface area contributed by atoms with Crippen LogP contribution in [0.3, 0.4) is 0 Å². The highest BCUT2D eigenvalue weighted by atomic mass is 35.5. The molecule has 2 rings (SSSR count). The van der Waals surface area contributed by atoms with Gasteiger partial charge < -0.3 is 14.2 Å². The van der Waals surface area contributed by atoms with Gasteiger partial charge in [0, 0.05) is 5.56 Å². The Labute approximate surface area is 134 Å². The molecule has 1 unspecified atom stereocenters. The summed E-state index contributed by atoms with van der Waals surface area (Å²) in [5.41, 5.74) is 1.67. The van der Waals surface area contributed by atoms with Crippen LogP contribution in [-0.2, 0) is 0 Å². The molecular formula is C16H16Cl2O3. The average Bonchev–Trinajstić information content (AvgIpc) is 2.53. The Balaban J connectivity index is 2.47. The molecule has 5 heteroatoms. The van der Waals surface area contributed by atoms with Gasteiger partial charge in [0.15, 0.2) is 0 Å².